The number of rotatable bonds is 5. The van der Waals surface area contributed by atoms with Crippen molar-refractivity contribution in [2.24, 2.45) is 5.92 Å². The fourth-order valence-corrected chi connectivity index (χ4v) is 3.92. The molecule has 0 radical (unpaired) electrons. The number of hydrogen-bond donors (Lipinski definition) is 2. The third-order valence-corrected chi connectivity index (χ3v) is 5.39. The summed E-state index contributed by atoms with van der Waals surface area (Å²) in [6, 6.07) is 3.41. The summed E-state index contributed by atoms with van der Waals surface area (Å²) in [5.41, 5.74) is 6.35. The fraction of sp³-hybridized carbons (Fsp3) is 0.615. The molecule has 2 fully saturated rings. The van der Waals surface area contributed by atoms with Crippen molar-refractivity contribution < 1.29 is 13.2 Å². The molecule has 1 atom stereocenters. The predicted octanol–water partition coefficient (Wildman–Crippen LogP) is 1.05. The molecular formula is C13H19N3O3S. The van der Waals surface area contributed by atoms with Crippen LogP contribution in [0.5, 0.6) is 5.88 Å². The molecule has 1 saturated heterocycles. The second-order valence-corrected chi connectivity index (χ2v) is 7.82. The van der Waals surface area contributed by atoms with E-state index < -0.39 is 9.84 Å². The van der Waals surface area contributed by atoms with Crippen LogP contribution in [0.15, 0.2) is 12.1 Å². The van der Waals surface area contributed by atoms with E-state index in [4.69, 9.17) is 10.5 Å². The molecule has 1 aliphatic heterocycles. The van der Waals surface area contributed by atoms with E-state index in [1.54, 1.807) is 12.1 Å². The molecule has 0 bridgehead atoms. The van der Waals surface area contributed by atoms with Crippen LogP contribution in [0, 0.1) is 5.92 Å². The van der Waals surface area contributed by atoms with Crippen molar-refractivity contribution in [1.82, 2.24) is 4.98 Å². The molecule has 0 aromatic carbocycles. The Morgan fingerprint density at radius 2 is 2.15 bits per heavy atom. The van der Waals surface area contributed by atoms with Crippen LogP contribution in [0.1, 0.15) is 19.3 Å². The largest absolute Gasteiger partial charge is 0.476 e. The molecule has 2 aliphatic rings. The zero-order valence-corrected chi connectivity index (χ0v) is 12.0. The van der Waals surface area contributed by atoms with Gasteiger partial charge in [0.2, 0.25) is 5.88 Å². The zero-order valence-electron chi connectivity index (χ0n) is 11.2. The lowest BCUT2D eigenvalue weighted by molar-refractivity contribution is 0.290. The van der Waals surface area contributed by atoms with Crippen LogP contribution in [-0.2, 0) is 9.84 Å². The number of nitrogens with two attached hydrogens (primary N) is 1. The summed E-state index contributed by atoms with van der Waals surface area (Å²) >= 11 is 0. The normalized spacial score (nSPS) is 24.5. The molecule has 0 amide bonds. The Bertz CT molecular complexity index is 599. The summed E-state index contributed by atoms with van der Waals surface area (Å²) in [6.07, 6.45) is 3.03. The summed E-state index contributed by atoms with van der Waals surface area (Å²) in [4.78, 5) is 4.33. The number of nitrogens with one attached hydrogen (secondary N) is 1. The van der Waals surface area contributed by atoms with Gasteiger partial charge in [-0.15, -0.1) is 0 Å². The third kappa shape index (κ3) is 3.33. The molecule has 3 N–H and O–H groups in total. The number of nitrogens with zero attached hydrogens (tertiary/aromatic N) is 1. The second-order valence-electron chi connectivity index (χ2n) is 5.59. The molecule has 0 spiro atoms. The highest BCUT2D eigenvalue weighted by Crippen LogP contribution is 2.31. The lowest BCUT2D eigenvalue weighted by Crippen LogP contribution is -2.21. The average molecular weight is 297 g/mol. The minimum Gasteiger partial charge on any atom is -0.476 e. The number of hydrogen-bond acceptors (Lipinski definition) is 6. The summed E-state index contributed by atoms with van der Waals surface area (Å²) < 4.78 is 28.5. The lowest BCUT2D eigenvalue weighted by Gasteiger charge is -2.14. The van der Waals surface area contributed by atoms with Crippen molar-refractivity contribution in [3.63, 3.8) is 0 Å². The van der Waals surface area contributed by atoms with Gasteiger partial charge in [-0.1, -0.05) is 0 Å². The van der Waals surface area contributed by atoms with E-state index in [2.05, 4.69) is 10.3 Å². The number of sulfone groups is 1. The second kappa shape index (κ2) is 5.12. The number of ether oxygens (including phenoxy) is 1. The molecular weight excluding hydrogens is 278 g/mol. The maximum absolute atomic E-state index is 11.4. The predicted molar refractivity (Wildman–Crippen MR) is 77.5 cm³/mol. The summed E-state index contributed by atoms with van der Waals surface area (Å²) in [5, 5.41) is 3.14. The molecule has 7 heteroatoms. The molecule has 2 heterocycles. The standard InChI is InChI=1S/C13H19N3O3S/c14-11-3-4-12(15-10-5-6-20(17,18)8-10)16-13(11)19-7-9-1-2-9/h3-4,9-10H,1-2,5-8,14H2,(H,15,16). The molecule has 1 aromatic heterocycles. The van der Waals surface area contributed by atoms with Crippen LogP contribution in [-0.4, -0.2) is 37.6 Å². The van der Waals surface area contributed by atoms with E-state index in [0.717, 1.165) is 0 Å². The third-order valence-electron chi connectivity index (χ3n) is 3.63. The first-order valence-electron chi connectivity index (χ1n) is 6.88. The maximum atomic E-state index is 11.4. The first-order valence-corrected chi connectivity index (χ1v) is 8.70. The van der Waals surface area contributed by atoms with Gasteiger partial charge in [0.15, 0.2) is 9.84 Å². The van der Waals surface area contributed by atoms with Crippen molar-refractivity contribution in [3.05, 3.63) is 12.1 Å². The zero-order chi connectivity index (χ0) is 14.2. The number of pyridine rings is 1. The first-order chi connectivity index (χ1) is 9.52. The van der Waals surface area contributed by atoms with Gasteiger partial charge >= 0.3 is 0 Å². The maximum Gasteiger partial charge on any atom is 0.239 e. The van der Waals surface area contributed by atoms with Crippen LogP contribution in [0.2, 0.25) is 0 Å². The van der Waals surface area contributed by atoms with E-state index in [0.29, 0.717) is 36.3 Å². The number of anilines is 2. The number of nitrogen functional groups attached to an aromatic ring is 1. The molecule has 1 unspecified atom stereocenters. The molecule has 1 aliphatic carbocycles. The Kier molecular flexibility index (Phi) is 3.45. The fourth-order valence-electron chi connectivity index (χ4n) is 2.25. The molecule has 1 saturated carbocycles. The summed E-state index contributed by atoms with van der Waals surface area (Å²) in [5.74, 6) is 2.09. The highest BCUT2D eigenvalue weighted by atomic mass is 32.2. The van der Waals surface area contributed by atoms with E-state index in [-0.39, 0.29) is 17.5 Å². The van der Waals surface area contributed by atoms with Crippen molar-refractivity contribution in [1.29, 1.82) is 0 Å². The summed E-state index contributed by atoms with van der Waals surface area (Å²) in [6.45, 7) is 0.651. The van der Waals surface area contributed by atoms with Gasteiger partial charge in [0, 0.05) is 6.04 Å². The van der Waals surface area contributed by atoms with Crippen molar-refractivity contribution in [2.75, 3.05) is 29.2 Å². The monoisotopic (exact) mass is 297 g/mol. The topological polar surface area (TPSA) is 94.3 Å². The Morgan fingerprint density at radius 1 is 1.35 bits per heavy atom. The van der Waals surface area contributed by atoms with Crippen molar-refractivity contribution in [2.45, 2.75) is 25.3 Å². The van der Waals surface area contributed by atoms with Gasteiger partial charge in [-0.25, -0.2) is 8.42 Å². The Balaban J connectivity index is 1.65. The van der Waals surface area contributed by atoms with Gasteiger partial charge in [0.1, 0.15) is 5.82 Å². The van der Waals surface area contributed by atoms with Gasteiger partial charge in [-0.2, -0.15) is 4.98 Å². The van der Waals surface area contributed by atoms with Gasteiger partial charge in [0.05, 0.1) is 23.8 Å². The van der Waals surface area contributed by atoms with Crippen LogP contribution in [0.3, 0.4) is 0 Å². The van der Waals surface area contributed by atoms with E-state index in [9.17, 15) is 8.42 Å². The van der Waals surface area contributed by atoms with Crippen LogP contribution < -0.4 is 15.8 Å². The van der Waals surface area contributed by atoms with E-state index >= 15 is 0 Å². The van der Waals surface area contributed by atoms with E-state index in [1.807, 2.05) is 0 Å². The molecule has 20 heavy (non-hydrogen) atoms. The van der Waals surface area contributed by atoms with Crippen molar-refractivity contribution in [3.8, 4) is 5.88 Å². The first kappa shape index (κ1) is 13.5. The summed E-state index contributed by atoms with van der Waals surface area (Å²) in [7, 11) is -2.89. The van der Waals surface area contributed by atoms with Crippen molar-refractivity contribution >= 4 is 21.3 Å². The lowest BCUT2D eigenvalue weighted by atomic mass is 10.2. The smallest absolute Gasteiger partial charge is 0.239 e. The molecule has 1 aromatic rings. The SMILES string of the molecule is Nc1ccc(NC2CCS(=O)(=O)C2)nc1OCC1CC1. The van der Waals surface area contributed by atoms with Crippen LogP contribution in [0.25, 0.3) is 0 Å². The van der Waals surface area contributed by atoms with Crippen LogP contribution in [0.4, 0.5) is 11.5 Å². The highest BCUT2D eigenvalue weighted by Gasteiger charge is 2.28. The molecule has 110 valence electrons. The Labute approximate surface area is 118 Å². The minimum absolute atomic E-state index is 0.0765. The quantitative estimate of drug-likeness (QED) is 0.843. The van der Waals surface area contributed by atoms with E-state index in [1.165, 1.54) is 12.8 Å². The number of aromatic nitrogens is 1. The molecule has 6 nitrogen and oxygen atoms in total. The Morgan fingerprint density at radius 3 is 2.80 bits per heavy atom. The Hall–Kier alpha value is -1.50. The van der Waals surface area contributed by atoms with Gasteiger partial charge in [-0.05, 0) is 37.3 Å². The van der Waals surface area contributed by atoms with Crippen LogP contribution >= 0.6 is 0 Å². The van der Waals surface area contributed by atoms with Gasteiger partial charge < -0.3 is 15.8 Å². The van der Waals surface area contributed by atoms with Gasteiger partial charge in [0.25, 0.3) is 0 Å². The highest BCUT2D eigenvalue weighted by molar-refractivity contribution is 7.91. The van der Waals surface area contributed by atoms with Gasteiger partial charge in [-0.3, -0.25) is 0 Å². The molecule has 3 rings (SSSR count). The minimum atomic E-state index is -2.89. The average Bonchev–Trinajstić information content (AvgIpc) is 3.15.